The molecule has 0 radical (unpaired) electrons. The second kappa shape index (κ2) is 6.36. The molecule has 108 valence electrons. The van der Waals surface area contributed by atoms with E-state index in [9.17, 15) is 13.2 Å². The van der Waals surface area contributed by atoms with Crippen molar-refractivity contribution in [3.05, 3.63) is 11.5 Å². The molecule has 1 heterocycles. The van der Waals surface area contributed by atoms with Crippen molar-refractivity contribution < 1.29 is 13.2 Å². The highest BCUT2D eigenvalue weighted by molar-refractivity contribution is 7.89. The summed E-state index contributed by atoms with van der Waals surface area (Å²) < 4.78 is 27.1. The van der Waals surface area contributed by atoms with Crippen LogP contribution in [0.25, 0.3) is 0 Å². The largest absolute Gasteiger partial charge is 0.355 e. The number of hydrogen-bond donors (Lipinski definition) is 1. The zero-order valence-corrected chi connectivity index (χ0v) is 12.6. The Kier molecular flexibility index (Phi) is 5.33. The van der Waals surface area contributed by atoms with E-state index in [-0.39, 0.29) is 29.2 Å². The SMILES string of the molecule is CCNC(=O)CN(CC)S(=O)(=O)c1ncn(C)c1Cl. The van der Waals surface area contributed by atoms with Gasteiger partial charge in [0.25, 0.3) is 10.0 Å². The second-order valence-electron chi connectivity index (χ2n) is 3.84. The second-order valence-corrected chi connectivity index (χ2v) is 6.05. The molecule has 0 atom stereocenters. The summed E-state index contributed by atoms with van der Waals surface area (Å²) in [6.45, 7) is 3.76. The van der Waals surface area contributed by atoms with Crippen LogP contribution in [-0.4, -0.2) is 47.8 Å². The van der Waals surface area contributed by atoms with Crippen molar-refractivity contribution in [1.29, 1.82) is 0 Å². The average Bonchev–Trinajstić information content (AvgIpc) is 2.67. The predicted molar refractivity (Wildman–Crippen MR) is 71.3 cm³/mol. The number of rotatable bonds is 6. The zero-order chi connectivity index (χ0) is 14.6. The molecule has 0 aliphatic carbocycles. The Morgan fingerprint density at radius 2 is 2.16 bits per heavy atom. The van der Waals surface area contributed by atoms with Crippen molar-refractivity contribution in [3.63, 3.8) is 0 Å². The molecule has 19 heavy (non-hydrogen) atoms. The smallest absolute Gasteiger partial charge is 0.264 e. The van der Waals surface area contributed by atoms with Crippen LogP contribution < -0.4 is 5.32 Å². The first-order chi connectivity index (χ1) is 8.84. The van der Waals surface area contributed by atoms with Crippen LogP contribution in [-0.2, 0) is 21.9 Å². The van der Waals surface area contributed by atoms with E-state index >= 15 is 0 Å². The van der Waals surface area contributed by atoms with E-state index in [0.29, 0.717) is 6.54 Å². The quantitative estimate of drug-likeness (QED) is 0.815. The lowest BCUT2D eigenvalue weighted by Gasteiger charge is -2.18. The third-order valence-electron chi connectivity index (χ3n) is 2.47. The van der Waals surface area contributed by atoms with Crippen LogP contribution in [0.4, 0.5) is 0 Å². The van der Waals surface area contributed by atoms with Crippen LogP contribution in [0.15, 0.2) is 11.4 Å². The van der Waals surface area contributed by atoms with E-state index in [0.717, 1.165) is 4.31 Å². The number of imidazole rings is 1. The Labute approximate surface area is 117 Å². The molecule has 0 fully saturated rings. The summed E-state index contributed by atoms with van der Waals surface area (Å²) >= 11 is 5.89. The zero-order valence-electron chi connectivity index (χ0n) is 11.1. The number of carbonyl (C=O) groups excluding carboxylic acids is 1. The minimum absolute atomic E-state index is 0.0225. The molecule has 0 saturated carbocycles. The van der Waals surface area contributed by atoms with Gasteiger partial charge in [0.2, 0.25) is 10.9 Å². The lowest BCUT2D eigenvalue weighted by atomic mass is 10.5. The number of nitrogens with one attached hydrogen (secondary N) is 1. The maximum Gasteiger partial charge on any atom is 0.264 e. The first kappa shape index (κ1) is 15.9. The Balaban J connectivity index is 3.03. The number of amides is 1. The molecule has 1 N–H and O–H groups in total. The molecule has 0 aliphatic heterocycles. The van der Waals surface area contributed by atoms with Gasteiger partial charge in [-0.1, -0.05) is 18.5 Å². The molecule has 0 bridgehead atoms. The van der Waals surface area contributed by atoms with Crippen LogP contribution in [0.5, 0.6) is 0 Å². The summed E-state index contributed by atoms with van der Waals surface area (Å²) in [6, 6.07) is 0. The van der Waals surface area contributed by atoms with Crippen LogP contribution in [0.3, 0.4) is 0 Å². The standard InChI is InChI=1S/C10H17ClN4O3S/c1-4-12-8(16)6-15(5-2)19(17,18)10-9(11)14(3)7-13-10/h7H,4-6H2,1-3H3,(H,12,16). The molecular weight excluding hydrogens is 292 g/mol. The number of likely N-dealkylation sites (N-methyl/N-ethyl adjacent to an activating group) is 2. The van der Waals surface area contributed by atoms with E-state index in [1.807, 2.05) is 0 Å². The minimum Gasteiger partial charge on any atom is -0.355 e. The molecule has 9 heteroatoms. The molecule has 1 rings (SSSR count). The van der Waals surface area contributed by atoms with Gasteiger partial charge in [0.15, 0.2) is 0 Å². The summed E-state index contributed by atoms with van der Waals surface area (Å²) in [7, 11) is -2.27. The van der Waals surface area contributed by atoms with E-state index in [2.05, 4.69) is 10.3 Å². The van der Waals surface area contributed by atoms with Gasteiger partial charge in [0.05, 0.1) is 12.9 Å². The third-order valence-corrected chi connectivity index (χ3v) is 4.88. The molecule has 1 amide bonds. The van der Waals surface area contributed by atoms with E-state index in [4.69, 9.17) is 11.6 Å². The maximum absolute atomic E-state index is 12.3. The van der Waals surface area contributed by atoms with Gasteiger partial charge in [-0.25, -0.2) is 13.4 Å². The highest BCUT2D eigenvalue weighted by atomic mass is 35.5. The molecule has 0 aliphatic rings. The molecule has 1 aromatic heterocycles. The Bertz CT molecular complexity index is 555. The molecule has 1 aromatic rings. The van der Waals surface area contributed by atoms with Gasteiger partial charge in [0, 0.05) is 20.1 Å². The molecule has 0 unspecified atom stereocenters. The Hall–Kier alpha value is -1.12. The van der Waals surface area contributed by atoms with Crippen molar-refractivity contribution in [2.45, 2.75) is 18.9 Å². The van der Waals surface area contributed by atoms with Crippen molar-refractivity contribution in [1.82, 2.24) is 19.2 Å². The number of hydrogen-bond acceptors (Lipinski definition) is 4. The summed E-state index contributed by atoms with van der Waals surface area (Å²) in [6.07, 6.45) is 1.31. The van der Waals surface area contributed by atoms with Gasteiger partial charge in [0.1, 0.15) is 5.15 Å². The van der Waals surface area contributed by atoms with E-state index in [1.165, 1.54) is 10.9 Å². The fourth-order valence-corrected chi connectivity index (χ4v) is 3.26. The molecular formula is C10H17ClN4O3S. The van der Waals surface area contributed by atoms with Crippen molar-refractivity contribution in [2.24, 2.45) is 7.05 Å². The molecule has 0 spiro atoms. The van der Waals surface area contributed by atoms with Gasteiger partial charge in [-0.3, -0.25) is 4.79 Å². The van der Waals surface area contributed by atoms with Gasteiger partial charge in [-0.2, -0.15) is 4.31 Å². The number of carbonyl (C=O) groups is 1. The predicted octanol–water partition coefficient (Wildman–Crippen LogP) is 0.220. The number of halogens is 1. The van der Waals surface area contributed by atoms with Gasteiger partial charge in [-0.05, 0) is 6.92 Å². The summed E-state index contributed by atoms with van der Waals surface area (Å²) in [4.78, 5) is 15.3. The van der Waals surface area contributed by atoms with Crippen molar-refractivity contribution in [3.8, 4) is 0 Å². The lowest BCUT2D eigenvalue weighted by Crippen LogP contribution is -2.40. The van der Waals surface area contributed by atoms with Crippen LogP contribution >= 0.6 is 11.6 Å². The fourth-order valence-electron chi connectivity index (χ4n) is 1.47. The molecule has 7 nitrogen and oxygen atoms in total. The van der Waals surface area contributed by atoms with E-state index < -0.39 is 10.0 Å². The van der Waals surface area contributed by atoms with E-state index in [1.54, 1.807) is 20.9 Å². The summed E-state index contributed by atoms with van der Waals surface area (Å²) in [5.74, 6) is -0.361. The summed E-state index contributed by atoms with van der Waals surface area (Å²) in [5.41, 5.74) is 0. The first-order valence-corrected chi connectivity index (χ1v) is 7.60. The highest BCUT2D eigenvalue weighted by Gasteiger charge is 2.30. The molecule has 0 saturated heterocycles. The summed E-state index contributed by atoms with van der Waals surface area (Å²) in [5, 5.41) is 2.34. The number of aromatic nitrogens is 2. The average molecular weight is 309 g/mol. The topological polar surface area (TPSA) is 84.3 Å². The van der Waals surface area contributed by atoms with Crippen molar-refractivity contribution in [2.75, 3.05) is 19.6 Å². The number of sulfonamides is 1. The molecule has 0 aromatic carbocycles. The maximum atomic E-state index is 12.3. The third kappa shape index (κ3) is 3.46. The number of nitrogens with zero attached hydrogens (tertiary/aromatic N) is 3. The van der Waals surface area contributed by atoms with Crippen LogP contribution in [0, 0.1) is 0 Å². The lowest BCUT2D eigenvalue weighted by molar-refractivity contribution is -0.121. The van der Waals surface area contributed by atoms with Gasteiger partial charge < -0.3 is 9.88 Å². The van der Waals surface area contributed by atoms with Crippen LogP contribution in [0.1, 0.15) is 13.8 Å². The fraction of sp³-hybridized carbons (Fsp3) is 0.600. The monoisotopic (exact) mass is 308 g/mol. The minimum atomic E-state index is -3.87. The highest BCUT2D eigenvalue weighted by Crippen LogP contribution is 2.22. The first-order valence-electron chi connectivity index (χ1n) is 5.78. The normalized spacial score (nSPS) is 11.8. The Morgan fingerprint density at radius 1 is 1.53 bits per heavy atom. The van der Waals surface area contributed by atoms with Gasteiger partial charge in [-0.15, -0.1) is 0 Å². The van der Waals surface area contributed by atoms with Crippen LogP contribution in [0.2, 0.25) is 5.15 Å². The van der Waals surface area contributed by atoms with Crippen molar-refractivity contribution >= 4 is 27.5 Å². The Morgan fingerprint density at radius 3 is 2.58 bits per heavy atom. The number of aryl methyl sites for hydroxylation is 1. The van der Waals surface area contributed by atoms with Gasteiger partial charge >= 0.3 is 0 Å².